The number of hydrogen-bond acceptors (Lipinski definition) is 4. The maximum Gasteiger partial charge on any atom is 0.470 e. The Labute approximate surface area is 79.6 Å². The molecule has 14 heavy (non-hydrogen) atoms. The first-order valence-electron chi connectivity index (χ1n) is 3.65. The minimum absolute atomic E-state index is 0.0139. The van der Waals surface area contributed by atoms with Crippen molar-refractivity contribution in [2.45, 2.75) is 6.54 Å². The second-order valence-corrected chi connectivity index (χ2v) is 3.78. The van der Waals surface area contributed by atoms with Gasteiger partial charge in [-0.05, 0) is 0 Å². The summed E-state index contributed by atoms with van der Waals surface area (Å²) in [6.07, 6.45) is 4.49. The van der Waals surface area contributed by atoms with Crippen LogP contribution in [0.3, 0.4) is 0 Å². The van der Waals surface area contributed by atoms with Crippen LogP contribution in [0.4, 0.5) is 0 Å². The first-order valence-corrected chi connectivity index (χ1v) is 5.18. The monoisotopic (exact) mass is 220 g/mol. The molecule has 1 aromatic rings. The van der Waals surface area contributed by atoms with E-state index in [9.17, 15) is 9.36 Å². The molecule has 0 aliphatic carbocycles. The van der Waals surface area contributed by atoms with Crippen LogP contribution in [-0.2, 0) is 20.4 Å². The molecule has 0 atom stereocenters. The van der Waals surface area contributed by atoms with Crippen molar-refractivity contribution in [3.63, 3.8) is 0 Å². The number of aromatic nitrogens is 2. The lowest BCUT2D eigenvalue weighted by Crippen LogP contribution is -2.14. The molecule has 1 rings (SSSR count). The summed E-state index contributed by atoms with van der Waals surface area (Å²) in [6, 6.07) is 0. The Morgan fingerprint density at radius 3 is 2.79 bits per heavy atom. The van der Waals surface area contributed by atoms with Crippen molar-refractivity contribution >= 4 is 13.6 Å². The molecule has 2 N–H and O–H groups in total. The predicted octanol–water partition coefficient (Wildman–Crippen LogP) is -0.439. The molecular weight excluding hydrogens is 211 g/mol. The van der Waals surface area contributed by atoms with Gasteiger partial charge in [0, 0.05) is 12.4 Å². The second-order valence-electron chi connectivity index (χ2n) is 2.54. The Bertz CT molecular complexity index is 343. The number of carbonyl (C=O) groups excluding carboxylic acids is 1. The molecule has 0 amide bonds. The van der Waals surface area contributed by atoms with Crippen molar-refractivity contribution in [2.24, 2.45) is 0 Å². The SMILES string of the molecule is O=C(COP(=O)(O)O)Cn1ccnc1. The minimum Gasteiger partial charge on any atom is -0.330 e. The zero-order valence-corrected chi connectivity index (χ0v) is 8.00. The van der Waals surface area contributed by atoms with Gasteiger partial charge >= 0.3 is 7.82 Å². The maximum absolute atomic E-state index is 11.0. The van der Waals surface area contributed by atoms with Crippen molar-refractivity contribution in [3.8, 4) is 0 Å². The van der Waals surface area contributed by atoms with Gasteiger partial charge in [-0.2, -0.15) is 0 Å². The highest BCUT2D eigenvalue weighted by Gasteiger charge is 2.16. The first kappa shape index (κ1) is 11.1. The average molecular weight is 220 g/mol. The summed E-state index contributed by atoms with van der Waals surface area (Å²) >= 11 is 0. The lowest BCUT2D eigenvalue weighted by molar-refractivity contribution is -0.122. The van der Waals surface area contributed by atoms with Gasteiger partial charge in [-0.15, -0.1) is 0 Å². The van der Waals surface area contributed by atoms with Crippen molar-refractivity contribution < 1.29 is 23.7 Å². The number of carbonyl (C=O) groups is 1. The van der Waals surface area contributed by atoms with E-state index in [1.807, 2.05) is 0 Å². The van der Waals surface area contributed by atoms with Crippen molar-refractivity contribution in [1.82, 2.24) is 9.55 Å². The third kappa shape index (κ3) is 4.29. The number of rotatable bonds is 5. The fourth-order valence-corrected chi connectivity index (χ4v) is 1.10. The summed E-state index contributed by atoms with van der Waals surface area (Å²) in [7, 11) is -4.56. The van der Waals surface area contributed by atoms with Crippen LogP contribution in [0.15, 0.2) is 18.7 Å². The van der Waals surface area contributed by atoms with Gasteiger partial charge < -0.3 is 14.4 Å². The van der Waals surface area contributed by atoms with Crippen LogP contribution >= 0.6 is 7.82 Å². The Hall–Kier alpha value is -1.01. The van der Waals surface area contributed by atoms with Gasteiger partial charge in [0.25, 0.3) is 0 Å². The molecule has 0 radical (unpaired) electrons. The highest BCUT2D eigenvalue weighted by molar-refractivity contribution is 7.46. The summed E-state index contributed by atoms with van der Waals surface area (Å²) in [5.41, 5.74) is 0. The van der Waals surface area contributed by atoms with Gasteiger partial charge in [0.05, 0.1) is 12.9 Å². The summed E-state index contributed by atoms with van der Waals surface area (Å²) < 4.78 is 15.7. The Morgan fingerprint density at radius 2 is 2.29 bits per heavy atom. The molecule has 8 heteroatoms. The van der Waals surface area contributed by atoms with Gasteiger partial charge in [0.2, 0.25) is 0 Å². The highest BCUT2D eigenvalue weighted by Crippen LogP contribution is 2.35. The number of Topliss-reactive ketones (excluding diaryl/α,β-unsaturated/α-hetero) is 1. The molecule has 0 saturated heterocycles. The lowest BCUT2D eigenvalue weighted by Gasteiger charge is -2.04. The van der Waals surface area contributed by atoms with E-state index in [4.69, 9.17) is 9.79 Å². The van der Waals surface area contributed by atoms with E-state index >= 15 is 0 Å². The van der Waals surface area contributed by atoms with E-state index < -0.39 is 20.2 Å². The van der Waals surface area contributed by atoms with E-state index in [1.165, 1.54) is 17.1 Å². The summed E-state index contributed by atoms with van der Waals surface area (Å²) in [5.74, 6) is -0.439. The van der Waals surface area contributed by atoms with Crippen LogP contribution < -0.4 is 0 Å². The molecule has 0 spiro atoms. The van der Waals surface area contributed by atoms with Crippen molar-refractivity contribution in [1.29, 1.82) is 0 Å². The molecule has 0 aromatic carbocycles. The number of phosphoric acid groups is 1. The Morgan fingerprint density at radius 1 is 1.57 bits per heavy atom. The number of ketones is 1. The molecule has 0 saturated carbocycles. The predicted molar refractivity (Wildman–Crippen MR) is 45.2 cm³/mol. The van der Waals surface area contributed by atoms with Gasteiger partial charge in [-0.1, -0.05) is 0 Å². The van der Waals surface area contributed by atoms with E-state index in [1.54, 1.807) is 6.20 Å². The molecular formula is C6H9N2O5P. The fourth-order valence-electron chi connectivity index (χ4n) is 0.786. The van der Waals surface area contributed by atoms with Crippen molar-refractivity contribution in [2.75, 3.05) is 6.61 Å². The standard InChI is InChI=1S/C6H9N2O5P/c9-6(4-13-14(10,11)12)3-8-2-1-7-5-8/h1-2,5H,3-4H2,(H2,10,11,12). The molecule has 78 valence electrons. The van der Waals surface area contributed by atoms with E-state index in [-0.39, 0.29) is 6.54 Å². The van der Waals surface area contributed by atoms with Crippen LogP contribution in [0.1, 0.15) is 0 Å². The third-order valence-corrected chi connectivity index (χ3v) is 1.78. The third-order valence-electron chi connectivity index (χ3n) is 1.31. The lowest BCUT2D eigenvalue weighted by atomic mass is 10.4. The van der Waals surface area contributed by atoms with Gasteiger partial charge in [0.1, 0.15) is 6.61 Å². The zero-order valence-electron chi connectivity index (χ0n) is 7.11. The molecule has 1 aromatic heterocycles. The van der Waals surface area contributed by atoms with Gasteiger partial charge in [-0.25, -0.2) is 9.55 Å². The fraction of sp³-hybridized carbons (Fsp3) is 0.333. The first-order chi connectivity index (χ1) is 6.47. The number of imidazole rings is 1. The smallest absolute Gasteiger partial charge is 0.330 e. The normalized spacial score (nSPS) is 11.6. The Balaban J connectivity index is 2.34. The van der Waals surface area contributed by atoms with Gasteiger partial charge in [0.15, 0.2) is 5.78 Å². The summed E-state index contributed by atoms with van der Waals surface area (Å²) in [5, 5.41) is 0. The van der Waals surface area contributed by atoms with Crippen LogP contribution in [0.25, 0.3) is 0 Å². The summed E-state index contributed by atoms with van der Waals surface area (Å²) in [4.78, 5) is 31.4. The van der Waals surface area contributed by atoms with Crippen LogP contribution in [0.2, 0.25) is 0 Å². The number of phosphoric ester groups is 1. The van der Waals surface area contributed by atoms with E-state index in [0.717, 1.165) is 0 Å². The van der Waals surface area contributed by atoms with Crippen LogP contribution in [0, 0.1) is 0 Å². The second kappa shape index (κ2) is 4.47. The van der Waals surface area contributed by atoms with Gasteiger partial charge in [-0.3, -0.25) is 9.32 Å². The summed E-state index contributed by atoms with van der Waals surface area (Å²) in [6.45, 7) is -0.623. The molecule has 7 nitrogen and oxygen atoms in total. The molecule has 1 heterocycles. The van der Waals surface area contributed by atoms with Crippen LogP contribution in [0.5, 0.6) is 0 Å². The Kier molecular flexibility index (Phi) is 3.54. The molecule has 0 bridgehead atoms. The molecule has 0 unspecified atom stereocenters. The number of nitrogens with zero attached hydrogens (tertiary/aromatic N) is 2. The van der Waals surface area contributed by atoms with E-state index in [2.05, 4.69) is 9.51 Å². The molecule has 0 aliphatic heterocycles. The topological polar surface area (TPSA) is 102 Å². The molecule has 0 aliphatic rings. The highest BCUT2D eigenvalue weighted by atomic mass is 31.2. The molecule has 0 fully saturated rings. The van der Waals surface area contributed by atoms with E-state index in [0.29, 0.717) is 0 Å². The quantitative estimate of drug-likeness (QED) is 0.652. The van der Waals surface area contributed by atoms with Crippen molar-refractivity contribution in [3.05, 3.63) is 18.7 Å². The van der Waals surface area contributed by atoms with Crippen LogP contribution in [-0.4, -0.2) is 31.7 Å². The largest absolute Gasteiger partial charge is 0.470 e. The minimum atomic E-state index is -4.56. The maximum atomic E-state index is 11.0. The zero-order chi connectivity index (χ0) is 10.6. The average Bonchev–Trinajstić information content (AvgIpc) is 2.52. The number of hydrogen-bond donors (Lipinski definition) is 2.